The number of carboxylic acid groups (broad SMARTS) is 1. The predicted molar refractivity (Wildman–Crippen MR) is 61.0 cm³/mol. The number of aliphatic carboxylic acids is 1. The van der Waals surface area contributed by atoms with Gasteiger partial charge in [0.2, 0.25) is 10.0 Å². The van der Waals surface area contributed by atoms with Gasteiger partial charge in [-0.3, -0.25) is 9.52 Å². The van der Waals surface area contributed by atoms with Crippen LogP contribution >= 0.6 is 0 Å². The summed E-state index contributed by atoms with van der Waals surface area (Å²) in [5, 5.41) is 8.42. The van der Waals surface area contributed by atoms with E-state index in [0.29, 0.717) is 5.69 Å². The van der Waals surface area contributed by atoms with Crippen molar-refractivity contribution in [1.29, 1.82) is 0 Å². The SMILES string of the molecule is Cc1ccc(NS(=O)(=O)CC(=O)O)c(C)c1. The van der Waals surface area contributed by atoms with Crippen molar-refractivity contribution in [2.45, 2.75) is 13.8 Å². The fraction of sp³-hybridized carbons (Fsp3) is 0.300. The molecule has 5 nitrogen and oxygen atoms in total. The molecular weight excluding hydrogens is 230 g/mol. The number of carbonyl (C=O) groups is 1. The highest BCUT2D eigenvalue weighted by molar-refractivity contribution is 7.93. The van der Waals surface area contributed by atoms with Crippen molar-refractivity contribution in [3.05, 3.63) is 29.3 Å². The molecule has 0 heterocycles. The van der Waals surface area contributed by atoms with E-state index < -0.39 is 21.7 Å². The van der Waals surface area contributed by atoms with Crippen LogP contribution in [-0.4, -0.2) is 25.2 Å². The maximum Gasteiger partial charge on any atom is 0.320 e. The standard InChI is InChI=1S/C10H13NO4S/c1-7-3-4-9(8(2)5-7)11-16(14,15)6-10(12)13/h3-5,11H,6H2,1-2H3,(H,12,13). The molecule has 0 saturated heterocycles. The number of rotatable bonds is 4. The van der Waals surface area contributed by atoms with Crippen LogP contribution in [0.3, 0.4) is 0 Å². The van der Waals surface area contributed by atoms with Gasteiger partial charge in [0.1, 0.15) is 0 Å². The number of benzene rings is 1. The van der Waals surface area contributed by atoms with Gasteiger partial charge < -0.3 is 5.11 Å². The minimum absolute atomic E-state index is 0.409. The Balaban J connectivity index is 2.92. The quantitative estimate of drug-likeness (QED) is 0.830. The minimum Gasteiger partial charge on any atom is -0.480 e. The van der Waals surface area contributed by atoms with Crippen LogP contribution in [0.2, 0.25) is 0 Å². The fourth-order valence-corrected chi connectivity index (χ4v) is 2.26. The normalized spacial score (nSPS) is 11.1. The Morgan fingerprint density at radius 1 is 1.38 bits per heavy atom. The molecule has 88 valence electrons. The maximum absolute atomic E-state index is 11.4. The Hall–Kier alpha value is -1.56. The number of carboxylic acids is 1. The lowest BCUT2D eigenvalue weighted by Gasteiger charge is -2.09. The molecule has 2 N–H and O–H groups in total. The van der Waals surface area contributed by atoms with E-state index in [1.165, 1.54) is 0 Å². The Bertz CT molecular complexity index is 508. The summed E-state index contributed by atoms with van der Waals surface area (Å²) in [4.78, 5) is 10.3. The van der Waals surface area contributed by atoms with Crippen LogP contribution in [0.4, 0.5) is 5.69 Å². The first-order valence-electron chi connectivity index (χ1n) is 4.60. The molecule has 0 aromatic heterocycles. The van der Waals surface area contributed by atoms with Crippen molar-refractivity contribution in [2.75, 3.05) is 10.5 Å². The smallest absolute Gasteiger partial charge is 0.320 e. The van der Waals surface area contributed by atoms with Crippen LogP contribution in [-0.2, 0) is 14.8 Å². The van der Waals surface area contributed by atoms with Gasteiger partial charge in [-0.15, -0.1) is 0 Å². The lowest BCUT2D eigenvalue weighted by Crippen LogP contribution is -2.22. The largest absolute Gasteiger partial charge is 0.480 e. The number of aryl methyl sites for hydroxylation is 2. The fourth-order valence-electron chi connectivity index (χ4n) is 1.29. The van der Waals surface area contributed by atoms with Crippen LogP contribution in [0, 0.1) is 13.8 Å². The van der Waals surface area contributed by atoms with Crippen molar-refractivity contribution < 1.29 is 18.3 Å². The van der Waals surface area contributed by atoms with Crippen molar-refractivity contribution in [1.82, 2.24) is 0 Å². The average Bonchev–Trinajstić information content (AvgIpc) is 2.07. The highest BCUT2D eigenvalue weighted by Crippen LogP contribution is 2.17. The second kappa shape index (κ2) is 4.52. The molecular formula is C10H13NO4S. The second-order valence-electron chi connectivity index (χ2n) is 3.57. The summed E-state index contributed by atoms with van der Waals surface area (Å²) in [7, 11) is -3.82. The van der Waals surface area contributed by atoms with Gasteiger partial charge in [-0.2, -0.15) is 0 Å². The van der Waals surface area contributed by atoms with Gasteiger partial charge in [0, 0.05) is 0 Å². The molecule has 6 heteroatoms. The van der Waals surface area contributed by atoms with Crippen molar-refractivity contribution in [3.63, 3.8) is 0 Å². The molecule has 1 rings (SSSR count). The third-order valence-corrected chi connectivity index (χ3v) is 3.12. The summed E-state index contributed by atoms with van der Waals surface area (Å²) in [5.41, 5.74) is 2.18. The first-order valence-corrected chi connectivity index (χ1v) is 6.25. The van der Waals surface area contributed by atoms with Crippen molar-refractivity contribution in [3.8, 4) is 0 Å². The molecule has 0 radical (unpaired) electrons. The molecule has 0 aliphatic carbocycles. The van der Waals surface area contributed by atoms with Gasteiger partial charge in [0.15, 0.2) is 5.75 Å². The number of sulfonamides is 1. The molecule has 1 aromatic rings. The first kappa shape index (κ1) is 12.5. The van der Waals surface area contributed by atoms with Gasteiger partial charge in [0.25, 0.3) is 0 Å². The molecule has 0 aliphatic rings. The van der Waals surface area contributed by atoms with E-state index in [-0.39, 0.29) is 0 Å². The third kappa shape index (κ3) is 3.54. The zero-order chi connectivity index (χ0) is 12.3. The number of nitrogens with one attached hydrogen (secondary N) is 1. The zero-order valence-corrected chi connectivity index (χ0v) is 9.84. The summed E-state index contributed by atoms with van der Waals surface area (Å²) in [5.74, 6) is -2.31. The third-order valence-electron chi connectivity index (χ3n) is 1.96. The monoisotopic (exact) mass is 243 g/mol. The molecule has 0 aliphatic heterocycles. The van der Waals surface area contributed by atoms with Gasteiger partial charge in [-0.1, -0.05) is 17.7 Å². The Kier molecular flexibility index (Phi) is 3.54. The van der Waals surface area contributed by atoms with E-state index >= 15 is 0 Å². The lowest BCUT2D eigenvalue weighted by atomic mass is 10.1. The highest BCUT2D eigenvalue weighted by Gasteiger charge is 2.16. The maximum atomic E-state index is 11.4. The predicted octanol–water partition coefficient (Wildman–Crippen LogP) is 1.13. The molecule has 0 atom stereocenters. The van der Waals surface area contributed by atoms with Crippen LogP contribution in [0.15, 0.2) is 18.2 Å². The van der Waals surface area contributed by atoms with Gasteiger partial charge in [-0.25, -0.2) is 8.42 Å². The molecule has 0 unspecified atom stereocenters. The Morgan fingerprint density at radius 2 is 2.00 bits per heavy atom. The summed E-state index contributed by atoms with van der Waals surface area (Å²) < 4.78 is 24.9. The van der Waals surface area contributed by atoms with Crippen LogP contribution in [0.25, 0.3) is 0 Å². The zero-order valence-electron chi connectivity index (χ0n) is 9.02. The van der Waals surface area contributed by atoms with Crippen molar-refractivity contribution in [2.24, 2.45) is 0 Å². The van der Waals surface area contributed by atoms with E-state index in [1.54, 1.807) is 19.1 Å². The van der Waals surface area contributed by atoms with E-state index in [0.717, 1.165) is 11.1 Å². The summed E-state index contributed by atoms with van der Waals surface area (Å²) in [6.07, 6.45) is 0. The highest BCUT2D eigenvalue weighted by atomic mass is 32.2. The van der Waals surface area contributed by atoms with Crippen LogP contribution < -0.4 is 4.72 Å². The molecule has 0 fully saturated rings. The molecule has 0 saturated carbocycles. The average molecular weight is 243 g/mol. The molecule has 1 aromatic carbocycles. The molecule has 0 spiro atoms. The van der Waals surface area contributed by atoms with E-state index in [1.807, 2.05) is 13.0 Å². The first-order chi connectivity index (χ1) is 7.30. The summed E-state index contributed by atoms with van der Waals surface area (Å²) >= 11 is 0. The summed E-state index contributed by atoms with van der Waals surface area (Å²) in [6.45, 7) is 3.65. The minimum atomic E-state index is -3.82. The van der Waals surface area contributed by atoms with Gasteiger partial charge in [0.05, 0.1) is 5.69 Å². The van der Waals surface area contributed by atoms with Crippen LogP contribution in [0.5, 0.6) is 0 Å². The van der Waals surface area contributed by atoms with Crippen molar-refractivity contribution >= 4 is 21.7 Å². The summed E-state index contributed by atoms with van der Waals surface area (Å²) in [6, 6.07) is 5.19. The lowest BCUT2D eigenvalue weighted by molar-refractivity contribution is -0.134. The molecule has 0 amide bonds. The number of anilines is 1. The number of hydrogen-bond donors (Lipinski definition) is 2. The number of hydrogen-bond acceptors (Lipinski definition) is 3. The van der Waals surface area contributed by atoms with E-state index in [9.17, 15) is 13.2 Å². The second-order valence-corrected chi connectivity index (χ2v) is 5.30. The van der Waals surface area contributed by atoms with Gasteiger partial charge in [-0.05, 0) is 25.5 Å². The van der Waals surface area contributed by atoms with Gasteiger partial charge >= 0.3 is 5.97 Å². The Labute approximate surface area is 94.2 Å². The molecule has 16 heavy (non-hydrogen) atoms. The molecule has 0 bridgehead atoms. The van der Waals surface area contributed by atoms with E-state index in [2.05, 4.69) is 4.72 Å². The Morgan fingerprint density at radius 3 is 2.50 bits per heavy atom. The topological polar surface area (TPSA) is 83.5 Å². The van der Waals surface area contributed by atoms with E-state index in [4.69, 9.17) is 5.11 Å². The van der Waals surface area contributed by atoms with Crippen LogP contribution in [0.1, 0.15) is 11.1 Å².